The van der Waals surface area contributed by atoms with Gasteiger partial charge in [-0.1, -0.05) is 17.7 Å². The fraction of sp³-hybridized carbons (Fsp3) is 0. The number of pyridine rings is 1. The minimum atomic E-state index is -1.07. The third-order valence-electron chi connectivity index (χ3n) is 2.25. The van der Waals surface area contributed by atoms with Crippen LogP contribution in [0.3, 0.4) is 0 Å². The maximum Gasteiger partial charge on any atom is 0.337 e. The van der Waals surface area contributed by atoms with Crippen LogP contribution < -0.4 is 11.1 Å². The second-order valence-corrected chi connectivity index (χ2v) is 4.04. The molecule has 0 atom stereocenters. The molecule has 1 aromatic carbocycles. The van der Waals surface area contributed by atoms with E-state index in [1.54, 1.807) is 24.3 Å². The number of nitrogens with two attached hydrogens (primary N) is 1. The van der Waals surface area contributed by atoms with Crippen molar-refractivity contribution in [2.45, 2.75) is 0 Å². The van der Waals surface area contributed by atoms with Crippen molar-refractivity contribution in [1.82, 2.24) is 4.98 Å². The second kappa shape index (κ2) is 4.93. The zero-order valence-electron chi connectivity index (χ0n) is 9.22. The van der Waals surface area contributed by atoms with E-state index in [0.717, 1.165) is 5.69 Å². The summed E-state index contributed by atoms with van der Waals surface area (Å²) >= 11 is 5.85. The molecule has 0 saturated carbocycles. The second-order valence-electron chi connectivity index (χ2n) is 3.60. The number of carboxylic acids is 1. The van der Waals surface area contributed by atoms with Crippen LogP contribution >= 0.6 is 11.6 Å². The maximum atomic E-state index is 10.7. The van der Waals surface area contributed by atoms with Crippen LogP contribution in [-0.2, 0) is 0 Å². The first kappa shape index (κ1) is 12.2. The molecule has 0 saturated heterocycles. The molecule has 0 fully saturated rings. The summed E-state index contributed by atoms with van der Waals surface area (Å²) in [4.78, 5) is 14.7. The third-order valence-corrected chi connectivity index (χ3v) is 2.49. The van der Waals surface area contributed by atoms with Gasteiger partial charge < -0.3 is 16.2 Å². The minimum Gasteiger partial charge on any atom is -0.478 e. The fourth-order valence-electron chi connectivity index (χ4n) is 1.41. The van der Waals surface area contributed by atoms with Gasteiger partial charge in [-0.05, 0) is 24.3 Å². The van der Waals surface area contributed by atoms with Crippen molar-refractivity contribution in [2.24, 2.45) is 0 Å². The average molecular weight is 264 g/mol. The van der Waals surface area contributed by atoms with Crippen LogP contribution in [-0.4, -0.2) is 16.1 Å². The molecule has 4 N–H and O–H groups in total. The normalized spacial score (nSPS) is 10.1. The minimum absolute atomic E-state index is 0.0455. The van der Waals surface area contributed by atoms with Crippen molar-refractivity contribution in [1.29, 1.82) is 0 Å². The number of nitrogen functional groups attached to an aromatic ring is 1. The Balaban J connectivity index is 2.27. The number of nitrogens with one attached hydrogen (secondary N) is 1. The maximum absolute atomic E-state index is 10.7. The predicted octanol–water partition coefficient (Wildman–Crippen LogP) is 2.76. The van der Waals surface area contributed by atoms with Gasteiger partial charge in [-0.2, -0.15) is 0 Å². The Kier molecular flexibility index (Phi) is 3.34. The van der Waals surface area contributed by atoms with E-state index in [0.29, 0.717) is 10.8 Å². The SMILES string of the molecule is Nc1cc(C(=O)O)cnc1Nc1cccc(Cl)c1. The smallest absolute Gasteiger partial charge is 0.337 e. The molecule has 0 radical (unpaired) electrons. The number of rotatable bonds is 3. The van der Waals surface area contributed by atoms with E-state index in [4.69, 9.17) is 22.4 Å². The lowest BCUT2D eigenvalue weighted by molar-refractivity contribution is 0.0696. The number of carboxylic acid groups (broad SMARTS) is 1. The predicted molar refractivity (Wildman–Crippen MR) is 70.3 cm³/mol. The van der Waals surface area contributed by atoms with E-state index in [2.05, 4.69) is 10.3 Å². The van der Waals surface area contributed by atoms with Gasteiger partial charge in [0.05, 0.1) is 11.3 Å². The zero-order chi connectivity index (χ0) is 13.1. The van der Waals surface area contributed by atoms with Crippen LogP contribution in [0.15, 0.2) is 36.5 Å². The van der Waals surface area contributed by atoms with Crippen LogP contribution in [0, 0.1) is 0 Å². The van der Waals surface area contributed by atoms with Crippen LogP contribution in [0.5, 0.6) is 0 Å². The van der Waals surface area contributed by atoms with E-state index in [-0.39, 0.29) is 11.3 Å². The zero-order valence-corrected chi connectivity index (χ0v) is 9.98. The van der Waals surface area contributed by atoms with Gasteiger partial charge >= 0.3 is 5.97 Å². The van der Waals surface area contributed by atoms with E-state index in [9.17, 15) is 4.79 Å². The molecule has 5 nitrogen and oxygen atoms in total. The van der Waals surface area contributed by atoms with Crippen molar-refractivity contribution in [3.05, 3.63) is 47.1 Å². The van der Waals surface area contributed by atoms with Crippen LogP contribution in [0.4, 0.5) is 17.2 Å². The summed E-state index contributed by atoms with van der Waals surface area (Å²) in [6.07, 6.45) is 1.24. The van der Waals surface area contributed by atoms with Gasteiger partial charge in [0.15, 0.2) is 5.82 Å². The highest BCUT2D eigenvalue weighted by atomic mass is 35.5. The molecule has 2 aromatic rings. The fourth-order valence-corrected chi connectivity index (χ4v) is 1.60. The molecule has 18 heavy (non-hydrogen) atoms. The molecule has 0 aliphatic heterocycles. The summed E-state index contributed by atoms with van der Waals surface area (Å²) in [5, 5.41) is 12.3. The van der Waals surface area contributed by atoms with Crippen LogP contribution in [0.2, 0.25) is 5.02 Å². The Morgan fingerprint density at radius 3 is 2.78 bits per heavy atom. The standard InChI is InChI=1S/C12H10ClN3O2/c13-8-2-1-3-9(5-8)16-11-10(14)4-7(6-15-11)12(17)18/h1-6H,14H2,(H,15,16)(H,17,18). The molecule has 1 heterocycles. The van der Waals surface area contributed by atoms with Gasteiger partial charge in [-0.15, -0.1) is 0 Å². The summed E-state index contributed by atoms with van der Waals surface area (Å²) in [5.74, 6) is -0.675. The average Bonchev–Trinajstić information content (AvgIpc) is 2.31. The summed E-state index contributed by atoms with van der Waals surface area (Å²) in [5.41, 5.74) is 6.76. The van der Waals surface area contributed by atoms with Crippen LogP contribution in [0.1, 0.15) is 10.4 Å². The van der Waals surface area contributed by atoms with E-state index < -0.39 is 5.97 Å². The number of hydrogen-bond donors (Lipinski definition) is 3. The summed E-state index contributed by atoms with van der Waals surface area (Å²) in [6.45, 7) is 0. The van der Waals surface area contributed by atoms with Crippen molar-refractivity contribution in [3.8, 4) is 0 Å². The number of anilines is 3. The van der Waals surface area contributed by atoms with Crippen molar-refractivity contribution in [3.63, 3.8) is 0 Å². The first-order valence-electron chi connectivity index (χ1n) is 5.07. The highest BCUT2D eigenvalue weighted by molar-refractivity contribution is 6.30. The molecule has 0 spiro atoms. The molecular weight excluding hydrogens is 254 g/mol. The Bertz CT molecular complexity index is 602. The number of carbonyl (C=O) groups is 1. The number of halogens is 1. The van der Waals surface area contributed by atoms with E-state index >= 15 is 0 Å². The third kappa shape index (κ3) is 2.70. The van der Waals surface area contributed by atoms with Gasteiger partial charge in [-0.25, -0.2) is 9.78 Å². The molecule has 0 amide bonds. The van der Waals surface area contributed by atoms with Gasteiger partial charge in [-0.3, -0.25) is 0 Å². The number of hydrogen-bond acceptors (Lipinski definition) is 4. The van der Waals surface area contributed by atoms with Gasteiger partial charge in [0.1, 0.15) is 0 Å². The molecule has 2 rings (SSSR count). The molecule has 92 valence electrons. The molecule has 0 aliphatic rings. The Hall–Kier alpha value is -2.27. The van der Waals surface area contributed by atoms with Crippen molar-refractivity contribution in [2.75, 3.05) is 11.1 Å². The lowest BCUT2D eigenvalue weighted by Gasteiger charge is -2.08. The molecule has 0 aliphatic carbocycles. The van der Waals surface area contributed by atoms with Crippen molar-refractivity contribution < 1.29 is 9.90 Å². The lowest BCUT2D eigenvalue weighted by Crippen LogP contribution is -2.03. The summed E-state index contributed by atoms with van der Waals surface area (Å²) < 4.78 is 0. The van der Waals surface area contributed by atoms with Gasteiger partial charge in [0.2, 0.25) is 0 Å². The monoisotopic (exact) mass is 263 g/mol. The number of aromatic carboxylic acids is 1. The summed E-state index contributed by atoms with van der Waals surface area (Å²) in [6, 6.07) is 8.40. The van der Waals surface area contributed by atoms with E-state index in [1.807, 2.05) is 0 Å². The van der Waals surface area contributed by atoms with E-state index in [1.165, 1.54) is 12.3 Å². The highest BCUT2D eigenvalue weighted by Gasteiger charge is 2.07. The first-order chi connectivity index (χ1) is 8.56. The lowest BCUT2D eigenvalue weighted by atomic mass is 10.2. The van der Waals surface area contributed by atoms with Gasteiger partial charge in [0, 0.05) is 16.9 Å². The number of nitrogens with zero attached hydrogens (tertiary/aromatic N) is 1. The Morgan fingerprint density at radius 2 is 2.17 bits per heavy atom. The van der Waals surface area contributed by atoms with Gasteiger partial charge in [0.25, 0.3) is 0 Å². The largest absolute Gasteiger partial charge is 0.478 e. The molecule has 6 heteroatoms. The topological polar surface area (TPSA) is 88.2 Å². The van der Waals surface area contributed by atoms with Crippen LogP contribution in [0.25, 0.3) is 0 Å². The Morgan fingerprint density at radius 1 is 1.39 bits per heavy atom. The quantitative estimate of drug-likeness (QED) is 0.792. The highest BCUT2D eigenvalue weighted by Crippen LogP contribution is 2.23. The molecule has 0 unspecified atom stereocenters. The van der Waals surface area contributed by atoms with Crippen molar-refractivity contribution >= 4 is 34.8 Å². The number of aromatic nitrogens is 1. The molecule has 0 bridgehead atoms. The molecular formula is C12H10ClN3O2. The first-order valence-corrected chi connectivity index (χ1v) is 5.45. The number of benzene rings is 1. The summed E-state index contributed by atoms with van der Waals surface area (Å²) in [7, 11) is 0. The molecule has 1 aromatic heterocycles. The Labute approximate surface area is 108 Å².